The maximum absolute atomic E-state index is 12.4. The Bertz CT molecular complexity index is 806. The summed E-state index contributed by atoms with van der Waals surface area (Å²) >= 11 is 7.84. The molecular weight excluding hydrogens is 425 g/mol. The minimum absolute atomic E-state index is 0.0425. The summed E-state index contributed by atoms with van der Waals surface area (Å²) in [5, 5.41) is 0.529. The van der Waals surface area contributed by atoms with Crippen molar-refractivity contribution >= 4 is 55.7 Å². The molecule has 0 spiro atoms. The van der Waals surface area contributed by atoms with E-state index in [0.717, 1.165) is 0 Å². The fourth-order valence-electron chi connectivity index (χ4n) is 1.66. The molecule has 0 saturated heterocycles. The van der Waals surface area contributed by atoms with Crippen LogP contribution in [0.25, 0.3) is 0 Å². The number of halogens is 2. The predicted octanol–water partition coefficient (Wildman–Crippen LogP) is 3.95. The van der Waals surface area contributed by atoms with Crippen molar-refractivity contribution in [2.24, 2.45) is 0 Å². The molecule has 2 aromatic rings. The van der Waals surface area contributed by atoms with Crippen LogP contribution in [0.2, 0.25) is 5.02 Å². The van der Waals surface area contributed by atoms with Crippen LogP contribution in [0.15, 0.2) is 47.4 Å². The van der Waals surface area contributed by atoms with Gasteiger partial charge in [-0.15, -0.1) is 0 Å². The second-order valence-corrected chi connectivity index (χ2v) is 7.59. The highest BCUT2D eigenvalue weighted by atomic mass is 127. The van der Waals surface area contributed by atoms with Crippen molar-refractivity contribution in [3.05, 3.63) is 56.6 Å². The maximum atomic E-state index is 12.4. The van der Waals surface area contributed by atoms with Crippen molar-refractivity contribution in [3.8, 4) is 0 Å². The summed E-state index contributed by atoms with van der Waals surface area (Å²) in [6.45, 7) is 1.39. The van der Waals surface area contributed by atoms with Crippen LogP contribution in [0.5, 0.6) is 0 Å². The standard InChI is InChI=1S/C14H11ClINO3S/c1-9(18)10-3-2-4-12(7-10)21(19,20)17-14-6-5-11(15)8-13(14)16/h2-8,17H,1H3. The lowest BCUT2D eigenvalue weighted by atomic mass is 10.2. The number of anilines is 1. The van der Waals surface area contributed by atoms with E-state index >= 15 is 0 Å². The second-order valence-electron chi connectivity index (χ2n) is 4.31. The number of carbonyl (C=O) groups is 1. The summed E-state index contributed by atoms with van der Waals surface area (Å²) in [5.41, 5.74) is 0.789. The number of hydrogen-bond acceptors (Lipinski definition) is 3. The zero-order valence-corrected chi connectivity index (χ0v) is 14.7. The number of nitrogens with one attached hydrogen (secondary N) is 1. The van der Waals surface area contributed by atoms with Gasteiger partial charge in [0, 0.05) is 14.2 Å². The van der Waals surface area contributed by atoms with E-state index in [1.165, 1.54) is 25.1 Å². The zero-order chi connectivity index (χ0) is 15.6. The van der Waals surface area contributed by atoms with Crippen molar-refractivity contribution in [3.63, 3.8) is 0 Å². The number of ketones is 1. The van der Waals surface area contributed by atoms with Gasteiger partial charge in [0.15, 0.2) is 5.78 Å². The van der Waals surface area contributed by atoms with Crippen molar-refractivity contribution in [2.75, 3.05) is 4.72 Å². The summed E-state index contributed by atoms with van der Waals surface area (Å²) in [6.07, 6.45) is 0. The van der Waals surface area contributed by atoms with Gasteiger partial charge in [-0.05, 0) is 59.8 Å². The largest absolute Gasteiger partial charge is 0.295 e. The molecule has 110 valence electrons. The van der Waals surface area contributed by atoms with Gasteiger partial charge in [0.2, 0.25) is 0 Å². The first-order chi connectivity index (χ1) is 9.79. The second kappa shape index (κ2) is 6.33. The van der Waals surface area contributed by atoms with Crippen molar-refractivity contribution in [1.82, 2.24) is 0 Å². The summed E-state index contributed by atoms with van der Waals surface area (Å²) in [7, 11) is -3.75. The summed E-state index contributed by atoms with van der Waals surface area (Å²) in [6, 6.07) is 10.8. The average Bonchev–Trinajstić information content (AvgIpc) is 2.42. The number of hydrogen-bond donors (Lipinski definition) is 1. The molecule has 0 aliphatic carbocycles. The Morgan fingerprint density at radius 3 is 2.52 bits per heavy atom. The zero-order valence-electron chi connectivity index (χ0n) is 10.9. The maximum Gasteiger partial charge on any atom is 0.261 e. The van der Waals surface area contributed by atoms with E-state index in [0.29, 0.717) is 19.8 Å². The van der Waals surface area contributed by atoms with Gasteiger partial charge in [0.05, 0.1) is 10.6 Å². The Balaban J connectivity index is 2.38. The number of sulfonamides is 1. The van der Waals surface area contributed by atoms with Gasteiger partial charge < -0.3 is 0 Å². The van der Waals surface area contributed by atoms with Crippen molar-refractivity contribution in [1.29, 1.82) is 0 Å². The van der Waals surface area contributed by atoms with E-state index in [1.807, 2.05) is 22.6 Å². The van der Waals surface area contributed by atoms with Gasteiger partial charge in [0.1, 0.15) is 0 Å². The third kappa shape index (κ3) is 3.96. The molecule has 21 heavy (non-hydrogen) atoms. The number of Topliss-reactive ketones (excluding diaryl/α,β-unsaturated/α-hetero) is 1. The van der Waals surface area contributed by atoms with Crippen molar-refractivity contribution < 1.29 is 13.2 Å². The van der Waals surface area contributed by atoms with Crippen LogP contribution in [0, 0.1) is 3.57 Å². The molecule has 1 N–H and O–H groups in total. The summed E-state index contributed by atoms with van der Waals surface area (Å²) in [5.74, 6) is -0.187. The number of carbonyl (C=O) groups excluding carboxylic acids is 1. The highest BCUT2D eigenvalue weighted by Gasteiger charge is 2.16. The first-order valence-corrected chi connectivity index (χ1v) is 8.82. The van der Waals surface area contributed by atoms with Gasteiger partial charge in [-0.2, -0.15) is 0 Å². The molecular formula is C14H11ClINO3S. The van der Waals surface area contributed by atoms with Gasteiger partial charge in [-0.1, -0.05) is 23.7 Å². The van der Waals surface area contributed by atoms with Crippen LogP contribution in [0.3, 0.4) is 0 Å². The molecule has 2 rings (SSSR count). The minimum Gasteiger partial charge on any atom is -0.295 e. The Labute approximate surface area is 141 Å². The lowest BCUT2D eigenvalue weighted by Gasteiger charge is -2.10. The first kappa shape index (κ1) is 16.3. The fourth-order valence-corrected chi connectivity index (χ4v) is 3.97. The summed E-state index contributed by atoms with van der Waals surface area (Å²) in [4.78, 5) is 11.4. The Kier molecular flexibility index (Phi) is 4.90. The molecule has 0 fully saturated rings. The Morgan fingerprint density at radius 1 is 1.19 bits per heavy atom. The van der Waals surface area contributed by atoms with Gasteiger partial charge in [0.25, 0.3) is 10.0 Å². The van der Waals surface area contributed by atoms with E-state index < -0.39 is 10.0 Å². The molecule has 7 heteroatoms. The Morgan fingerprint density at radius 2 is 1.90 bits per heavy atom. The highest BCUT2D eigenvalue weighted by Crippen LogP contribution is 2.25. The van der Waals surface area contributed by atoms with Crippen molar-refractivity contribution in [2.45, 2.75) is 11.8 Å². The van der Waals surface area contributed by atoms with E-state index in [1.54, 1.807) is 24.3 Å². The Hall–Kier alpha value is -1.12. The van der Waals surface area contributed by atoms with Crippen LogP contribution < -0.4 is 4.72 Å². The summed E-state index contributed by atoms with van der Waals surface area (Å²) < 4.78 is 27.9. The molecule has 0 aliphatic rings. The van der Waals surface area contributed by atoms with E-state index in [-0.39, 0.29) is 10.7 Å². The third-order valence-corrected chi connectivity index (χ3v) is 5.22. The molecule has 0 aliphatic heterocycles. The van der Waals surface area contributed by atoms with Crippen LogP contribution >= 0.6 is 34.2 Å². The molecule has 0 radical (unpaired) electrons. The number of benzene rings is 2. The van der Waals surface area contributed by atoms with Gasteiger partial charge >= 0.3 is 0 Å². The lowest BCUT2D eigenvalue weighted by Crippen LogP contribution is -2.14. The quantitative estimate of drug-likeness (QED) is 0.584. The van der Waals surface area contributed by atoms with Crippen LogP contribution in [-0.4, -0.2) is 14.2 Å². The third-order valence-electron chi connectivity index (χ3n) is 2.73. The highest BCUT2D eigenvalue weighted by molar-refractivity contribution is 14.1. The molecule has 0 amide bonds. The molecule has 0 bridgehead atoms. The fraction of sp³-hybridized carbons (Fsp3) is 0.0714. The lowest BCUT2D eigenvalue weighted by molar-refractivity contribution is 0.101. The smallest absolute Gasteiger partial charge is 0.261 e. The molecule has 4 nitrogen and oxygen atoms in total. The molecule has 0 heterocycles. The van der Waals surface area contributed by atoms with E-state index in [2.05, 4.69) is 4.72 Å². The molecule has 2 aromatic carbocycles. The van der Waals surface area contributed by atoms with Gasteiger partial charge in [-0.3, -0.25) is 9.52 Å². The first-order valence-electron chi connectivity index (χ1n) is 5.88. The molecule has 0 unspecified atom stereocenters. The predicted molar refractivity (Wildman–Crippen MR) is 91.4 cm³/mol. The molecule has 0 saturated carbocycles. The normalized spacial score (nSPS) is 11.2. The van der Waals surface area contributed by atoms with Crippen LogP contribution in [0.1, 0.15) is 17.3 Å². The van der Waals surface area contributed by atoms with Crippen LogP contribution in [0.4, 0.5) is 5.69 Å². The SMILES string of the molecule is CC(=O)c1cccc(S(=O)(=O)Nc2ccc(Cl)cc2I)c1. The molecule has 0 aromatic heterocycles. The van der Waals surface area contributed by atoms with E-state index in [4.69, 9.17) is 11.6 Å². The molecule has 0 atom stereocenters. The number of rotatable bonds is 4. The minimum atomic E-state index is -3.75. The van der Waals surface area contributed by atoms with E-state index in [9.17, 15) is 13.2 Å². The van der Waals surface area contributed by atoms with Gasteiger partial charge in [-0.25, -0.2) is 8.42 Å². The average molecular weight is 436 g/mol. The van der Waals surface area contributed by atoms with Crippen LogP contribution in [-0.2, 0) is 10.0 Å². The monoisotopic (exact) mass is 435 g/mol. The topological polar surface area (TPSA) is 63.2 Å².